The zero-order valence-corrected chi connectivity index (χ0v) is 45.2. The van der Waals surface area contributed by atoms with Crippen molar-refractivity contribution in [3.8, 4) is 89.7 Å². The molecule has 0 atom stereocenters. The van der Waals surface area contributed by atoms with E-state index in [1.807, 2.05) is 114 Å². The average molecular weight is 1140 g/mol. The molecule has 0 bridgehead atoms. The third-order valence-electron chi connectivity index (χ3n) is 13.8. The van der Waals surface area contributed by atoms with Gasteiger partial charge in [0.2, 0.25) is 0 Å². The maximum atomic E-state index is 12.8. The number of para-hydroxylation sites is 1. The Labute approximate surface area is 455 Å². The fourth-order valence-electron chi connectivity index (χ4n) is 9.63. The van der Waals surface area contributed by atoms with Gasteiger partial charge in [-0.25, -0.2) is 4.98 Å². The van der Waals surface area contributed by atoms with E-state index in [-0.39, 0.29) is 48.8 Å². The van der Waals surface area contributed by atoms with Gasteiger partial charge in [-0.2, -0.15) is 0 Å². The van der Waals surface area contributed by atoms with Gasteiger partial charge >= 0.3 is 0 Å². The van der Waals surface area contributed by atoms with Gasteiger partial charge in [-0.1, -0.05) is 218 Å². The van der Waals surface area contributed by atoms with Crippen molar-refractivity contribution in [2.45, 2.75) is 92.3 Å². The van der Waals surface area contributed by atoms with Gasteiger partial charge in [-0.15, -0.1) is 23.8 Å². The molecule has 2 heterocycles. The van der Waals surface area contributed by atoms with Gasteiger partial charge < -0.3 is 5.11 Å². The van der Waals surface area contributed by atoms with E-state index in [1.165, 1.54) is 0 Å². The topological polar surface area (TPSA) is 50.9 Å². The fraction of sp³-hybridized carbons (Fsp3) is 0.206. The number of phenols is 1. The number of aryl methyl sites for hydroxylation is 2. The third-order valence-corrected chi connectivity index (χ3v) is 13.8. The second kappa shape index (κ2) is 19.7. The van der Waals surface area contributed by atoms with Gasteiger partial charge in [0.05, 0.1) is 22.3 Å². The van der Waals surface area contributed by atoms with Crippen LogP contribution in [0.15, 0.2) is 182 Å². The summed E-state index contributed by atoms with van der Waals surface area (Å²) in [5.41, 5.74) is 14.5. The van der Waals surface area contributed by atoms with E-state index < -0.39 is 19.1 Å². The first-order valence-corrected chi connectivity index (χ1v) is 24.7. The van der Waals surface area contributed by atoms with Gasteiger partial charge in [0.15, 0.2) is 0 Å². The molecule has 368 valence electrons. The normalized spacial score (nSPS) is 13.5. The number of rotatable bonds is 8. The van der Waals surface area contributed by atoms with Crippen LogP contribution in [0.3, 0.4) is 0 Å². The van der Waals surface area contributed by atoms with E-state index in [2.05, 4.69) is 123 Å². The average Bonchev–Trinajstić information content (AvgIpc) is 4.01. The Morgan fingerprint density at radius 1 is 0.493 bits per heavy atom. The Kier molecular flexibility index (Phi) is 11.7. The van der Waals surface area contributed by atoms with Crippen molar-refractivity contribution in [2.75, 3.05) is 0 Å². The molecule has 0 aliphatic heterocycles. The van der Waals surface area contributed by atoms with Crippen LogP contribution in [-0.2, 0) is 37.3 Å². The number of nitrogens with zero attached hydrogens (tertiary/aromatic N) is 3. The van der Waals surface area contributed by atoms with Crippen LogP contribution < -0.4 is 0 Å². The van der Waals surface area contributed by atoms with Crippen LogP contribution in [-0.4, -0.2) is 19.6 Å². The maximum absolute atomic E-state index is 12.8. The van der Waals surface area contributed by atoms with Crippen molar-refractivity contribution in [2.24, 2.45) is 0 Å². The summed E-state index contributed by atoms with van der Waals surface area (Å²) >= 11 is 0. The molecule has 5 heteroatoms. The van der Waals surface area contributed by atoms with Crippen LogP contribution in [0.1, 0.15) is 98.4 Å². The zero-order valence-electron chi connectivity index (χ0n) is 48.9. The third kappa shape index (κ3) is 10.2. The van der Waals surface area contributed by atoms with E-state index in [0.717, 1.165) is 72.3 Å². The van der Waals surface area contributed by atoms with Crippen molar-refractivity contribution < 1.29 is 34.4 Å². The minimum absolute atomic E-state index is 0. The summed E-state index contributed by atoms with van der Waals surface area (Å²) in [4.78, 5) is 10.6. The number of imidazole rings is 1. The number of aromatic hydroxyl groups is 1. The summed E-state index contributed by atoms with van der Waals surface area (Å²) in [5, 5.41) is 12.8. The zero-order chi connectivity index (χ0) is 55.7. The van der Waals surface area contributed by atoms with E-state index in [0.29, 0.717) is 39.4 Å². The van der Waals surface area contributed by atoms with E-state index >= 15 is 0 Å². The molecule has 0 spiro atoms. The second-order valence-electron chi connectivity index (χ2n) is 22.0. The van der Waals surface area contributed by atoms with Crippen LogP contribution >= 0.6 is 0 Å². The largest absolute Gasteiger partial charge is 0.507 e. The van der Waals surface area contributed by atoms with Gasteiger partial charge in [0, 0.05) is 52.3 Å². The van der Waals surface area contributed by atoms with Gasteiger partial charge in [-0.3, -0.25) is 9.55 Å². The summed E-state index contributed by atoms with van der Waals surface area (Å²) in [6.45, 7) is 14.6. The molecule has 1 N–H and O–H groups in total. The predicted octanol–water partition coefficient (Wildman–Crippen LogP) is 18.1. The van der Waals surface area contributed by atoms with Crippen LogP contribution in [0.25, 0.3) is 95.0 Å². The number of benzene rings is 8. The molecule has 0 fully saturated rings. The minimum Gasteiger partial charge on any atom is -0.507 e. The Balaban J connectivity index is 0.00000757. The molecule has 0 saturated heterocycles. The molecule has 0 saturated carbocycles. The van der Waals surface area contributed by atoms with Crippen molar-refractivity contribution in [1.29, 1.82) is 0 Å². The van der Waals surface area contributed by atoms with Crippen LogP contribution in [0.5, 0.6) is 5.75 Å². The Bertz CT molecular complexity index is 3860. The molecule has 10 aromatic rings. The second-order valence-corrected chi connectivity index (χ2v) is 22.0. The molecule has 8 aromatic carbocycles. The van der Waals surface area contributed by atoms with Crippen LogP contribution in [0.2, 0.25) is 0 Å². The fourth-order valence-corrected chi connectivity index (χ4v) is 9.63. The monoisotopic (exact) mass is 1140 g/mol. The molecule has 0 amide bonds. The van der Waals surface area contributed by atoms with Crippen molar-refractivity contribution in [3.63, 3.8) is 0 Å². The summed E-state index contributed by atoms with van der Waals surface area (Å²) in [5.74, 6) is 0.543. The SMILES string of the molecule is [2H]C([2H])([2H])c1ccc(-c2ccnc(-c3[c-]c(-c4cccc5c4nc(-c4cc(C(C)(C)C)cc(C(C)(C)C)c4O)n5-c4cc(C([2H])([2H])[2H])c(-c5ccccc5)cc4-c4ccc(C(C)(C)C)cc4)cc(-c4ccccc4)c3)c2)cc1.[Pt]. The Morgan fingerprint density at radius 2 is 1.12 bits per heavy atom. The summed E-state index contributed by atoms with van der Waals surface area (Å²) in [6.07, 6.45) is 1.76. The van der Waals surface area contributed by atoms with Gasteiger partial charge in [0.25, 0.3) is 0 Å². The first kappa shape index (κ1) is 43.5. The maximum Gasteiger partial charge on any atom is 0.148 e. The molecular weight excluding hydrogens is 1070 g/mol. The molecule has 0 aliphatic carbocycles. The van der Waals surface area contributed by atoms with E-state index in [1.54, 1.807) is 18.3 Å². The smallest absolute Gasteiger partial charge is 0.148 e. The molecule has 73 heavy (non-hydrogen) atoms. The molecular formula is C68H64N3OPt-. The van der Waals surface area contributed by atoms with E-state index in [4.69, 9.17) is 18.2 Å². The predicted molar refractivity (Wildman–Crippen MR) is 303 cm³/mol. The number of fused-ring (bicyclic) bond motifs is 1. The molecule has 0 aliphatic rings. The Hall–Kier alpha value is -7.13. The van der Waals surface area contributed by atoms with Crippen molar-refractivity contribution >= 4 is 11.0 Å². The van der Waals surface area contributed by atoms with Crippen LogP contribution in [0, 0.1) is 19.8 Å². The molecule has 0 radical (unpaired) electrons. The first-order chi connectivity index (χ1) is 36.7. The van der Waals surface area contributed by atoms with Crippen molar-refractivity contribution in [1.82, 2.24) is 14.5 Å². The number of hydrogen-bond acceptors (Lipinski definition) is 3. The summed E-state index contributed by atoms with van der Waals surface area (Å²) < 4.78 is 53.2. The Morgan fingerprint density at radius 3 is 1.77 bits per heavy atom. The quantitative estimate of drug-likeness (QED) is 0.154. The molecule has 2 aromatic heterocycles. The first-order valence-electron chi connectivity index (χ1n) is 27.7. The summed E-state index contributed by atoms with van der Waals surface area (Å²) in [7, 11) is 0. The number of hydrogen-bond donors (Lipinski definition) is 1. The molecule has 4 nitrogen and oxygen atoms in total. The number of phenolic OH excluding ortho intramolecular Hbond substituents is 1. The van der Waals surface area contributed by atoms with E-state index in [9.17, 15) is 5.11 Å². The molecule has 0 unspecified atom stereocenters. The van der Waals surface area contributed by atoms with Crippen LogP contribution in [0.4, 0.5) is 0 Å². The summed E-state index contributed by atoms with van der Waals surface area (Å²) in [6, 6.07) is 61.2. The number of aromatic nitrogens is 3. The standard InChI is InChI=1S/C68H64N3O.Pt/c1-43-25-27-46(28-26-43)49-33-34-69-60(39-49)52-37-50(45-19-14-12-15-20-45)36-51(38-52)55-23-18-24-61-63(55)70-65(58-40-54(67(6,7)8)41-59(64(58)72)68(9,10)11)71(61)62-35-44(2)56(47-21-16-13-17-22-47)42-57(62)48-29-31-53(32-30-48)66(3,4)5;/h12-37,39-42,72H,1-11H3;/q-1;/i1D3,2D3;. The number of pyridine rings is 1. The minimum atomic E-state index is -2.53. The molecule has 10 rings (SSSR count). The van der Waals surface area contributed by atoms with Crippen molar-refractivity contribution in [3.05, 3.63) is 216 Å². The van der Waals surface area contributed by atoms with Gasteiger partial charge in [-0.05, 0) is 110 Å². The van der Waals surface area contributed by atoms with Gasteiger partial charge in [0.1, 0.15) is 11.6 Å².